The predicted octanol–water partition coefficient (Wildman–Crippen LogP) is 2.38. The lowest BCUT2D eigenvalue weighted by Gasteiger charge is -2.23. The molecule has 0 spiro atoms. The van der Waals surface area contributed by atoms with Crippen LogP contribution in [0.15, 0.2) is 29.2 Å². The van der Waals surface area contributed by atoms with Gasteiger partial charge in [-0.2, -0.15) is 0 Å². The van der Waals surface area contributed by atoms with Gasteiger partial charge in [-0.15, -0.1) is 0 Å². The first-order chi connectivity index (χ1) is 9.82. The van der Waals surface area contributed by atoms with Gasteiger partial charge in [0.25, 0.3) is 0 Å². The van der Waals surface area contributed by atoms with Crippen molar-refractivity contribution < 1.29 is 8.42 Å². The van der Waals surface area contributed by atoms with Crippen molar-refractivity contribution in [3.05, 3.63) is 29.8 Å². The fraction of sp³-hybridized carbons (Fsp3) is 0.625. The lowest BCUT2D eigenvalue weighted by molar-refractivity contribution is 0.356. The van der Waals surface area contributed by atoms with E-state index in [1.165, 1.54) is 4.31 Å². The molecule has 118 valence electrons. The van der Waals surface area contributed by atoms with Crippen LogP contribution in [0.1, 0.15) is 31.7 Å². The number of hydrogen-bond donors (Lipinski definition) is 0. The quantitative estimate of drug-likeness (QED) is 0.838. The molecule has 21 heavy (non-hydrogen) atoms. The van der Waals surface area contributed by atoms with Gasteiger partial charge in [0.05, 0.1) is 4.90 Å². The van der Waals surface area contributed by atoms with Gasteiger partial charge in [-0.05, 0) is 43.5 Å². The Labute approximate surface area is 128 Å². The van der Waals surface area contributed by atoms with E-state index >= 15 is 0 Å². The highest BCUT2D eigenvalue weighted by Gasteiger charge is 2.28. The highest BCUT2D eigenvalue weighted by atomic mass is 32.2. The topological polar surface area (TPSA) is 40.6 Å². The summed E-state index contributed by atoms with van der Waals surface area (Å²) >= 11 is 0. The molecule has 0 aromatic heterocycles. The summed E-state index contributed by atoms with van der Waals surface area (Å²) in [5.41, 5.74) is 0.896. The van der Waals surface area contributed by atoms with Crippen LogP contribution in [-0.2, 0) is 10.0 Å². The molecule has 1 unspecified atom stereocenters. The highest BCUT2D eigenvalue weighted by Crippen LogP contribution is 2.27. The van der Waals surface area contributed by atoms with Crippen LogP contribution in [0.5, 0.6) is 0 Å². The molecular formula is C16H26N2O2S. The molecule has 0 radical (unpaired) electrons. The third-order valence-electron chi connectivity index (χ3n) is 4.23. The molecule has 0 saturated carbocycles. The molecule has 2 rings (SSSR count). The molecule has 0 amide bonds. The lowest BCUT2D eigenvalue weighted by Crippen LogP contribution is -2.33. The lowest BCUT2D eigenvalue weighted by atomic mass is 10.0. The second-order valence-corrected chi connectivity index (χ2v) is 8.41. The highest BCUT2D eigenvalue weighted by molar-refractivity contribution is 7.89. The summed E-state index contributed by atoms with van der Waals surface area (Å²) in [7, 11) is 0.380. The zero-order chi connectivity index (χ0) is 15.6. The van der Waals surface area contributed by atoms with Crippen LogP contribution in [-0.4, -0.2) is 51.4 Å². The van der Waals surface area contributed by atoms with E-state index in [1.54, 1.807) is 19.2 Å². The van der Waals surface area contributed by atoms with Crippen molar-refractivity contribution in [2.24, 2.45) is 5.92 Å². The Morgan fingerprint density at radius 3 is 2.57 bits per heavy atom. The molecule has 4 nitrogen and oxygen atoms in total. The molecule has 1 aliphatic rings. The van der Waals surface area contributed by atoms with Gasteiger partial charge in [0.1, 0.15) is 0 Å². The maximum atomic E-state index is 12.8. The van der Waals surface area contributed by atoms with Crippen LogP contribution < -0.4 is 0 Å². The third kappa shape index (κ3) is 3.65. The van der Waals surface area contributed by atoms with E-state index in [0.717, 1.165) is 25.1 Å². The summed E-state index contributed by atoms with van der Waals surface area (Å²) < 4.78 is 27.2. The van der Waals surface area contributed by atoms with E-state index in [2.05, 4.69) is 11.9 Å². The largest absolute Gasteiger partial charge is 0.306 e. The van der Waals surface area contributed by atoms with Gasteiger partial charge in [0.15, 0.2) is 0 Å². The van der Waals surface area contributed by atoms with Gasteiger partial charge in [0.2, 0.25) is 10.0 Å². The van der Waals surface area contributed by atoms with Gasteiger partial charge < -0.3 is 4.90 Å². The minimum absolute atomic E-state index is 0.196. The van der Waals surface area contributed by atoms with Crippen LogP contribution in [0.4, 0.5) is 0 Å². The Bertz CT molecular complexity index is 584. The molecule has 1 aromatic rings. The molecular weight excluding hydrogens is 284 g/mol. The van der Waals surface area contributed by atoms with Gasteiger partial charge in [0, 0.05) is 20.1 Å². The normalized spacial score (nSPS) is 20.6. The van der Waals surface area contributed by atoms with E-state index in [4.69, 9.17) is 0 Å². The molecule has 1 aliphatic heterocycles. The summed E-state index contributed by atoms with van der Waals surface area (Å²) in [4.78, 5) is 2.71. The number of benzene rings is 1. The summed E-state index contributed by atoms with van der Waals surface area (Å²) in [6, 6.07) is 7.34. The number of hydrogen-bond acceptors (Lipinski definition) is 3. The molecule has 1 heterocycles. The van der Waals surface area contributed by atoms with Gasteiger partial charge in [-0.3, -0.25) is 0 Å². The molecule has 5 heteroatoms. The van der Waals surface area contributed by atoms with Crippen molar-refractivity contribution >= 4 is 10.0 Å². The van der Waals surface area contributed by atoms with Crippen molar-refractivity contribution in [1.82, 2.24) is 9.21 Å². The second-order valence-electron chi connectivity index (χ2n) is 6.40. The Morgan fingerprint density at radius 1 is 1.33 bits per heavy atom. The van der Waals surface area contributed by atoms with Crippen molar-refractivity contribution in [1.29, 1.82) is 0 Å². The Hall–Kier alpha value is -0.910. The smallest absolute Gasteiger partial charge is 0.243 e. The Balaban J connectivity index is 2.21. The van der Waals surface area contributed by atoms with Crippen LogP contribution in [0.2, 0.25) is 0 Å². The van der Waals surface area contributed by atoms with E-state index in [9.17, 15) is 8.42 Å². The monoisotopic (exact) mass is 310 g/mol. The standard InChI is InChI=1S/C16H26N2O2S/c1-13(2)15-7-5-6-8-16(15)21(19,20)18(4)12-14-9-10-17(3)11-14/h5-8,13-14H,9-12H2,1-4H3. The molecule has 1 saturated heterocycles. The molecule has 1 fully saturated rings. The molecule has 1 atom stereocenters. The number of likely N-dealkylation sites (tertiary alicyclic amines) is 1. The van der Waals surface area contributed by atoms with Crippen molar-refractivity contribution in [3.63, 3.8) is 0 Å². The fourth-order valence-electron chi connectivity index (χ4n) is 3.00. The van der Waals surface area contributed by atoms with Crippen LogP contribution in [0.3, 0.4) is 0 Å². The first-order valence-electron chi connectivity index (χ1n) is 7.56. The maximum absolute atomic E-state index is 12.8. The van der Waals surface area contributed by atoms with E-state index in [-0.39, 0.29) is 5.92 Å². The van der Waals surface area contributed by atoms with Crippen LogP contribution >= 0.6 is 0 Å². The van der Waals surface area contributed by atoms with Crippen molar-refractivity contribution in [2.75, 3.05) is 33.7 Å². The molecule has 0 N–H and O–H groups in total. The number of sulfonamides is 1. The fourth-order valence-corrected chi connectivity index (χ4v) is 4.59. The molecule has 1 aromatic carbocycles. The summed E-state index contributed by atoms with van der Waals surface area (Å²) in [6.07, 6.45) is 1.07. The minimum atomic E-state index is -3.40. The zero-order valence-corrected chi connectivity index (χ0v) is 14.2. The third-order valence-corrected chi connectivity index (χ3v) is 6.13. The van der Waals surface area contributed by atoms with E-state index in [0.29, 0.717) is 17.4 Å². The number of rotatable bonds is 5. The van der Waals surface area contributed by atoms with Crippen LogP contribution in [0, 0.1) is 5.92 Å². The zero-order valence-electron chi connectivity index (χ0n) is 13.4. The Kier molecular flexibility index (Phi) is 5.07. The van der Waals surface area contributed by atoms with Crippen molar-refractivity contribution in [2.45, 2.75) is 31.1 Å². The summed E-state index contributed by atoms with van der Waals surface area (Å²) in [5, 5.41) is 0. The summed E-state index contributed by atoms with van der Waals surface area (Å²) in [6.45, 7) is 6.69. The average molecular weight is 310 g/mol. The SMILES string of the molecule is CC(C)c1ccccc1S(=O)(=O)N(C)CC1CCN(C)C1. The Morgan fingerprint density at radius 2 is 2.00 bits per heavy atom. The van der Waals surface area contributed by atoms with Crippen molar-refractivity contribution in [3.8, 4) is 0 Å². The molecule has 0 bridgehead atoms. The predicted molar refractivity (Wildman–Crippen MR) is 86.0 cm³/mol. The number of nitrogens with zero attached hydrogens (tertiary/aromatic N) is 2. The first-order valence-corrected chi connectivity index (χ1v) is 9.00. The van der Waals surface area contributed by atoms with E-state index in [1.807, 2.05) is 26.0 Å². The van der Waals surface area contributed by atoms with Gasteiger partial charge >= 0.3 is 0 Å². The first kappa shape index (κ1) is 16.5. The average Bonchev–Trinajstić information content (AvgIpc) is 2.84. The van der Waals surface area contributed by atoms with E-state index < -0.39 is 10.0 Å². The maximum Gasteiger partial charge on any atom is 0.243 e. The second kappa shape index (κ2) is 6.46. The minimum Gasteiger partial charge on any atom is -0.306 e. The van der Waals surface area contributed by atoms with Gasteiger partial charge in [-0.25, -0.2) is 12.7 Å². The van der Waals surface area contributed by atoms with Gasteiger partial charge in [-0.1, -0.05) is 32.0 Å². The summed E-state index contributed by atoms with van der Waals surface area (Å²) in [5.74, 6) is 0.628. The molecule has 0 aliphatic carbocycles. The van der Waals surface area contributed by atoms with Crippen LogP contribution in [0.25, 0.3) is 0 Å².